The van der Waals surface area contributed by atoms with Crippen LogP contribution in [-0.2, 0) is 20.3 Å². The number of unbranched alkanes of at least 4 members (excludes halogenated alkanes) is 1. The van der Waals surface area contributed by atoms with Crippen LogP contribution < -0.4 is 0 Å². The molecule has 0 saturated heterocycles. The van der Waals surface area contributed by atoms with Crippen LogP contribution in [0.25, 0.3) is 0 Å². The molecular weight excluding hydrogens is 332 g/mol. The van der Waals surface area contributed by atoms with E-state index in [1.807, 2.05) is 30.3 Å². The number of ether oxygens (including phenoxy) is 1. The lowest BCUT2D eigenvalue weighted by Gasteiger charge is -2.34. The molecule has 136 valence electrons. The van der Waals surface area contributed by atoms with Crippen molar-refractivity contribution in [2.75, 3.05) is 0 Å². The van der Waals surface area contributed by atoms with Gasteiger partial charge in [-0.15, -0.1) is 0 Å². The van der Waals surface area contributed by atoms with Crippen LogP contribution in [0.1, 0.15) is 38.2 Å². The third kappa shape index (κ3) is 9.40. The predicted octanol–water partition coefficient (Wildman–Crippen LogP) is 5.74. The van der Waals surface area contributed by atoms with Gasteiger partial charge in [-0.1, -0.05) is 50.1 Å². The van der Waals surface area contributed by atoms with Crippen molar-refractivity contribution < 1.29 is 13.6 Å². The van der Waals surface area contributed by atoms with Crippen LogP contribution in [0.15, 0.2) is 30.3 Å². The van der Waals surface area contributed by atoms with Crippen molar-refractivity contribution in [2.45, 2.75) is 77.5 Å². The predicted molar refractivity (Wildman–Crippen MR) is 106 cm³/mol. The fourth-order valence-electron chi connectivity index (χ4n) is 2.92. The molecule has 0 unspecified atom stereocenters. The van der Waals surface area contributed by atoms with Crippen molar-refractivity contribution in [3.8, 4) is 0 Å². The highest BCUT2D eigenvalue weighted by Gasteiger charge is 2.32. The molecule has 1 rings (SSSR count). The zero-order valence-electron chi connectivity index (χ0n) is 16.1. The van der Waals surface area contributed by atoms with Crippen LogP contribution in [-0.4, -0.2) is 22.6 Å². The minimum Gasteiger partial charge on any atom is -0.461 e. The molecule has 0 atom stereocenters. The first-order valence-electron chi connectivity index (χ1n) is 9.14. The van der Waals surface area contributed by atoms with Gasteiger partial charge in [0.1, 0.15) is 6.61 Å². The van der Waals surface area contributed by atoms with Gasteiger partial charge >= 0.3 is 5.97 Å². The van der Waals surface area contributed by atoms with E-state index >= 15 is 0 Å². The normalized spacial score (nSPS) is 12.2. The molecule has 5 heteroatoms. The molecule has 1 aromatic carbocycles. The first kappa shape index (κ1) is 21.1. The van der Waals surface area contributed by atoms with Gasteiger partial charge in [0.05, 0.1) is 0 Å². The highest BCUT2D eigenvalue weighted by atomic mass is 28.4. The lowest BCUT2D eigenvalue weighted by molar-refractivity contribution is -0.144. The largest absolute Gasteiger partial charge is 0.461 e. The molecule has 0 amide bonds. The Labute approximate surface area is 150 Å². The number of hydrogen-bond donors (Lipinski definition) is 0. The molecule has 0 radical (unpaired) electrons. The van der Waals surface area contributed by atoms with Crippen molar-refractivity contribution in [3.05, 3.63) is 35.9 Å². The van der Waals surface area contributed by atoms with Crippen molar-refractivity contribution in [3.63, 3.8) is 0 Å². The second kappa shape index (κ2) is 10.2. The average molecular weight is 367 g/mol. The smallest absolute Gasteiger partial charge is 0.306 e. The first-order chi connectivity index (χ1) is 11.2. The Bertz CT molecular complexity index is 487. The zero-order valence-corrected chi connectivity index (χ0v) is 18.1. The van der Waals surface area contributed by atoms with Crippen LogP contribution in [0.5, 0.6) is 0 Å². The molecule has 0 spiro atoms. The topological polar surface area (TPSA) is 35.5 Å². The Balaban J connectivity index is 2.27. The first-order valence-corrected chi connectivity index (χ1v) is 15.4. The van der Waals surface area contributed by atoms with Crippen molar-refractivity contribution in [2.24, 2.45) is 0 Å². The van der Waals surface area contributed by atoms with E-state index < -0.39 is 16.6 Å². The summed E-state index contributed by atoms with van der Waals surface area (Å²) in [6.45, 7) is 11.8. The summed E-state index contributed by atoms with van der Waals surface area (Å²) in [7, 11) is -3.24. The number of carbonyl (C=O) groups excluding carboxylic acids is 1. The fourth-order valence-corrected chi connectivity index (χ4v) is 12.0. The van der Waals surface area contributed by atoms with E-state index in [1.165, 1.54) is 18.9 Å². The summed E-state index contributed by atoms with van der Waals surface area (Å²) in [5.41, 5.74) is 1.03. The van der Waals surface area contributed by atoms with Crippen molar-refractivity contribution >= 4 is 22.6 Å². The van der Waals surface area contributed by atoms with E-state index in [-0.39, 0.29) is 5.97 Å². The van der Waals surface area contributed by atoms with E-state index in [0.29, 0.717) is 13.0 Å². The molecule has 0 bridgehead atoms. The zero-order chi connectivity index (χ0) is 18.1. The Morgan fingerprint density at radius 3 is 2.12 bits per heavy atom. The molecule has 3 nitrogen and oxygen atoms in total. The van der Waals surface area contributed by atoms with Gasteiger partial charge in [0.15, 0.2) is 16.6 Å². The molecule has 0 fully saturated rings. The van der Waals surface area contributed by atoms with Gasteiger partial charge in [0, 0.05) is 6.42 Å². The average Bonchev–Trinajstić information content (AvgIpc) is 2.51. The lowest BCUT2D eigenvalue weighted by Crippen LogP contribution is -2.44. The molecule has 1 aromatic rings. The number of rotatable bonds is 11. The van der Waals surface area contributed by atoms with E-state index in [1.54, 1.807) is 0 Å². The third-order valence-electron chi connectivity index (χ3n) is 4.09. The third-order valence-corrected chi connectivity index (χ3v) is 11.6. The number of benzene rings is 1. The Morgan fingerprint density at radius 1 is 0.958 bits per heavy atom. The molecule has 0 aliphatic rings. The molecular formula is C19H34O3Si2. The summed E-state index contributed by atoms with van der Waals surface area (Å²) < 4.78 is 11.9. The van der Waals surface area contributed by atoms with Crippen LogP contribution >= 0.6 is 0 Å². The molecule has 0 aromatic heterocycles. The minimum absolute atomic E-state index is 0.105. The van der Waals surface area contributed by atoms with Crippen molar-refractivity contribution in [1.29, 1.82) is 0 Å². The number of esters is 1. The molecule has 0 aliphatic carbocycles. The molecule has 0 aliphatic heterocycles. The maximum atomic E-state index is 11.9. The van der Waals surface area contributed by atoms with Gasteiger partial charge in [-0.2, -0.15) is 0 Å². The highest BCUT2D eigenvalue weighted by molar-refractivity contribution is 6.84. The summed E-state index contributed by atoms with van der Waals surface area (Å²) in [6.07, 6.45) is 3.85. The second-order valence-electron chi connectivity index (χ2n) is 7.72. The van der Waals surface area contributed by atoms with E-state index in [4.69, 9.17) is 8.85 Å². The lowest BCUT2D eigenvalue weighted by atomic mass is 10.2. The van der Waals surface area contributed by atoms with Gasteiger partial charge < -0.3 is 8.85 Å². The fraction of sp³-hybridized carbons (Fsp3) is 0.632. The summed E-state index contributed by atoms with van der Waals surface area (Å²) in [5.74, 6) is -0.105. The molecule has 0 heterocycles. The Kier molecular flexibility index (Phi) is 8.94. The molecule has 24 heavy (non-hydrogen) atoms. The second-order valence-corrected chi connectivity index (χ2v) is 16.6. The minimum atomic E-state index is -1.69. The maximum Gasteiger partial charge on any atom is 0.306 e. The molecule has 0 saturated carbocycles. The van der Waals surface area contributed by atoms with Crippen molar-refractivity contribution in [1.82, 2.24) is 0 Å². The molecule has 0 N–H and O–H groups in total. The van der Waals surface area contributed by atoms with E-state index in [9.17, 15) is 4.79 Å². The Morgan fingerprint density at radius 2 is 1.54 bits per heavy atom. The quantitative estimate of drug-likeness (QED) is 0.370. The van der Waals surface area contributed by atoms with Gasteiger partial charge in [-0.25, -0.2) is 0 Å². The van der Waals surface area contributed by atoms with Crippen LogP contribution in [0, 0.1) is 0 Å². The standard InChI is InChI=1S/C19H34O3Si2/c1-6-7-15-23(2,3)22-24(4,5)16-11-14-19(20)21-17-18-12-9-8-10-13-18/h8-10,12-13H,6-7,11,14-17H2,1-5H3. The summed E-state index contributed by atoms with van der Waals surface area (Å²) >= 11 is 0. The SMILES string of the molecule is CCCC[Si](C)(C)O[Si](C)(C)CCCC(=O)OCc1ccccc1. The number of hydrogen-bond acceptors (Lipinski definition) is 3. The van der Waals surface area contributed by atoms with Crippen LogP contribution in [0.4, 0.5) is 0 Å². The summed E-state index contributed by atoms with van der Waals surface area (Å²) in [6, 6.07) is 12.1. The number of carbonyl (C=O) groups is 1. The highest BCUT2D eigenvalue weighted by Crippen LogP contribution is 2.24. The van der Waals surface area contributed by atoms with Crippen LogP contribution in [0.3, 0.4) is 0 Å². The maximum absolute atomic E-state index is 11.9. The van der Waals surface area contributed by atoms with E-state index in [0.717, 1.165) is 18.0 Å². The van der Waals surface area contributed by atoms with E-state index in [2.05, 4.69) is 33.1 Å². The van der Waals surface area contributed by atoms with Gasteiger partial charge in [0.25, 0.3) is 0 Å². The summed E-state index contributed by atoms with van der Waals surface area (Å²) in [4.78, 5) is 11.9. The van der Waals surface area contributed by atoms with Gasteiger partial charge in [-0.05, 0) is 50.3 Å². The van der Waals surface area contributed by atoms with Gasteiger partial charge in [0.2, 0.25) is 0 Å². The summed E-state index contributed by atoms with van der Waals surface area (Å²) in [5, 5.41) is 0. The Hall–Kier alpha value is -0.916. The van der Waals surface area contributed by atoms with Gasteiger partial charge in [-0.3, -0.25) is 4.79 Å². The monoisotopic (exact) mass is 366 g/mol. The van der Waals surface area contributed by atoms with Crippen LogP contribution in [0.2, 0.25) is 38.3 Å².